The number of benzene rings is 2. The van der Waals surface area contributed by atoms with Gasteiger partial charge in [-0.25, -0.2) is 0 Å². The number of carbonyl (C=O) groups excluding carboxylic acids is 2. The molecule has 2 N–H and O–H groups in total. The van der Waals surface area contributed by atoms with E-state index >= 15 is 0 Å². The number of halogens is 1. The van der Waals surface area contributed by atoms with Crippen molar-refractivity contribution in [2.45, 2.75) is 11.3 Å². The lowest BCUT2D eigenvalue weighted by Gasteiger charge is -2.21. The minimum atomic E-state index is -0.125. The van der Waals surface area contributed by atoms with E-state index in [1.807, 2.05) is 47.4 Å². The highest BCUT2D eigenvalue weighted by molar-refractivity contribution is 8.00. The van der Waals surface area contributed by atoms with E-state index in [4.69, 9.17) is 4.74 Å². The summed E-state index contributed by atoms with van der Waals surface area (Å²) >= 11 is 1.38. The molecule has 2 aromatic carbocycles. The first-order chi connectivity index (χ1) is 13.7. The molecule has 29 heavy (non-hydrogen) atoms. The summed E-state index contributed by atoms with van der Waals surface area (Å²) in [7, 11) is 1.59. The van der Waals surface area contributed by atoms with Crippen LogP contribution in [0.1, 0.15) is 16.8 Å². The summed E-state index contributed by atoms with van der Waals surface area (Å²) in [5.74, 6) is 0.816. The van der Waals surface area contributed by atoms with Crippen molar-refractivity contribution in [3.05, 3.63) is 54.1 Å². The van der Waals surface area contributed by atoms with Crippen LogP contribution in [0.15, 0.2) is 53.4 Å². The minimum absolute atomic E-state index is 0. The van der Waals surface area contributed by atoms with Gasteiger partial charge < -0.3 is 20.3 Å². The van der Waals surface area contributed by atoms with E-state index < -0.39 is 0 Å². The van der Waals surface area contributed by atoms with Gasteiger partial charge in [-0.2, -0.15) is 0 Å². The highest BCUT2D eigenvalue weighted by Crippen LogP contribution is 2.25. The molecule has 6 nitrogen and oxygen atoms in total. The molecule has 156 valence electrons. The van der Waals surface area contributed by atoms with Crippen LogP contribution < -0.4 is 15.4 Å². The fourth-order valence-corrected chi connectivity index (χ4v) is 3.87. The van der Waals surface area contributed by atoms with Gasteiger partial charge in [0.2, 0.25) is 5.91 Å². The molecule has 3 rings (SSSR count). The van der Waals surface area contributed by atoms with Gasteiger partial charge in [-0.3, -0.25) is 9.59 Å². The summed E-state index contributed by atoms with van der Waals surface area (Å²) in [5, 5.41) is 6.17. The Morgan fingerprint density at radius 2 is 1.97 bits per heavy atom. The normalized spacial score (nSPS) is 13.8. The molecule has 1 aliphatic rings. The molecular formula is C21H26ClN3O3S. The first-order valence-electron chi connectivity index (χ1n) is 9.33. The van der Waals surface area contributed by atoms with Crippen molar-refractivity contribution in [2.24, 2.45) is 0 Å². The van der Waals surface area contributed by atoms with Crippen LogP contribution in [0.3, 0.4) is 0 Å². The molecule has 0 bridgehead atoms. The van der Waals surface area contributed by atoms with E-state index in [0.717, 1.165) is 31.0 Å². The number of nitrogens with one attached hydrogen (secondary N) is 2. The van der Waals surface area contributed by atoms with Gasteiger partial charge >= 0.3 is 0 Å². The van der Waals surface area contributed by atoms with Crippen molar-refractivity contribution in [1.82, 2.24) is 10.2 Å². The number of hydrogen-bond acceptors (Lipinski definition) is 5. The van der Waals surface area contributed by atoms with Crippen LogP contribution in [0.25, 0.3) is 0 Å². The zero-order valence-electron chi connectivity index (χ0n) is 16.3. The van der Waals surface area contributed by atoms with Gasteiger partial charge in [0.1, 0.15) is 5.75 Å². The fourth-order valence-electron chi connectivity index (χ4n) is 3.03. The Kier molecular flexibility index (Phi) is 9.31. The van der Waals surface area contributed by atoms with Crippen molar-refractivity contribution in [2.75, 3.05) is 44.4 Å². The summed E-state index contributed by atoms with van der Waals surface area (Å²) in [5.41, 5.74) is 1.34. The largest absolute Gasteiger partial charge is 0.497 e. The number of rotatable bonds is 6. The maximum Gasteiger partial charge on any atom is 0.255 e. The van der Waals surface area contributed by atoms with Gasteiger partial charge in [0.25, 0.3) is 5.91 Å². The van der Waals surface area contributed by atoms with Crippen molar-refractivity contribution in [1.29, 1.82) is 0 Å². The number of ether oxygens (including phenoxy) is 1. The molecule has 2 amide bonds. The third kappa shape index (κ3) is 6.66. The lowest BCUT2D eigenvalue weighted by Crippen LogP contribution is -2.34. The summed E-state index contributed by atoms with van der Waals surface area (Å²) in [6.45, 7) is 3.20. The second kappa shape index (κ2) is 11.7. The zero-order chi connectivity index (χ0) is 19.8. The second-order valence-electron chi connectivity index (χ2n) is 6.46. The van der Waals surface area contributed by atoms with Gasteiger partial charge in [-0.15, -0.1) is 24.2 Å². The Morgan fingerprint density at radius 1 is 1.14 bits per heavy atom. The van der Waals surface area contributed by atoms with Gasteiger partial charge in [0, 0.05) is 36.3 Å². The third-order valence-electron chi connectivity index (χ3n) is 4.46. The lowest BCUT2D eigenvalue weighted by molar-refractivity contribution is -0.113. The van der Waals surface area contributed by atoms with E-state index in [-0.39, 0.29) is 30.0 Å². The molecule has 0 unspecified atom stereocenters. The van der Waals surface area contributed by atoms with Crippen LogP contribution in [-0.2, 0) is 4.79 Å². The molecule has 1 aliphatic heterocycles. The van der Waals surface area contributed by atoms with Crippen LogP contribution in [-0.4, -0.2) is 55.8 Å². The van der Waals surface area contributed by atoms with Gasteiger partial charge in [-0.05, 0) is 37.2 Å². The van der Waals surface area contributed by atoms with Crippen LogP contribution in [0.2, 0.25) is 0 Å². The average Bonchev–Trinajstić information content (AvgIpc) is 3.01. The number of carbonyl (C=O) groups is 2. The van der Waals surface area contributed by atoms with E-state index in [2.05, 4.69) is 10.6 Å². The maximum atomic E-state index is 12.9. The standard InChI is InChI=1S/C21H25N3O3S.ClH/c1-27-17-7-4-6-16(14-17)23-20(25)15-28-19-9-3-2-8-18(19)21(26)24-12-5-10-22-11-13-24;/h2-4,6-9,14,22H,5,10-13,15H2,1H3,(H,23,25);1H. The first kappa shape index (κ1) is 23.1. The Labute approximate surface area is 181 Å². The van der Waals surface area contributed by atoms with Crippen LogP contribution in [0.5, 0.6) is 5.75 Å². The number of hydrogen-bond donors (Lipinski definition) is 2. The summed E-state index contributed by atoms with van der Waals surface area (Å²) in [4.78, 5) is 28.0. The Hall–Kier alpha value is -2.22. The maximum absolute atomic E-state index is 12.9. The number of nitrogens with zero attached hydrogens (tertiary/aromatic N) is 1. The van der Waals surface area contributed by atoms with Crippen LogP contribution in [0.4, 0.5) is 5.69 Å². The predicted molar refractivity (Wildman–Crippen MR) is 119 cm³/mol. The van der Waals surface area contributed by atoms with Crippen molar-refractivity contribution in [3.63, 3.8) is 0 Å². The molecule has 0 atom stereocenters. The number of thioether (sulfide) groups is 1. The van der Waals surface area contributed by atoms with Gasteiger partial charge in [0.05, 0.1) is 18.4 Å². The highest BCUT2D eigenvalue weighted by Gasteiger charge is 2.20. The Morgan fingerprint density at radius 3 is 2.79 bits per heavy atom. The fraction of sp³-hybridized carbons (Fsp3) is 0.333. The molecule has 0 aliphatic carbocycles. The lowest BCUT2D eigenvalue weighted by atomic mass is 10.2. The molecule has 1 heterocycles. The van der Waals surface area contributed by atoms with Crippen molar-refractivity contribution < 1.29 is 14.3 Å². The molecular weight excluding hydrogens is 410 g/mol. The summed E-state index contributed by atoms with van der Waals surface area (Å²) in [6.07, 6.45) is 0.948. The Balaban J connectivity index is 0.00000300. The zero-order valence-corrected chi connectivity index (χ0v) is 18.0. The van der Waals surface area contributed by atoms with E-state index in [0.29, 0.717) is 23.5 Å². The van der Waals surface area contributed by atoms with Crippen LogP contribution in [0, 0.1) is 0 Å². The summed E-state index contributed by atoms with van der Waals surface area (Å²) < 4.78 is 5.17. The van der Waals surface area contributed by atoms with Crippen molar-refractivity contribution in [3.8, 4) is 5.75 Å². The highest BCUT2D eigenvalue weighted by atomic mass is 35.5. The second-order valence-corrected chi connectivity index (χ2v) is 7.48. The molecule has 0 aromatic heterocycles. The van der Waals surface area contributed by atoms with Crippen LogP contribution >= 0.6 is 24.2 Å². The number of amides is 2. The van der Waals surface area contributed by atoms with Crippen molar-refractivity contribution >= 4 is 41.7 Å². The average molecular weight is 436 g/mol. The molecule has 0 saturated carbocycles. The topological polar surface area (TPSA) is 70.7 Å². The minimum Gasteiger partial charge on any atom is -0.497 e. The van der Waals surface area contributed by atoms with E-state index in [9.17, 15) is 9.59 Å². The van der Waals surface area contributed by atoms with Gasteiger partial charge in [-0.1, -0.05) is 18.2 Å². The quantitative estimate of drug-likeness (QED) is 0.681. The molecule has 1 fully saturated rings. The first-order valence-corrected chi connectivity index (χ1v) is 10.3. The molecule has 0 spiro atoms. The Bertz CT molecular complexity index is 826. The van der Waals surface area contributed by atoms with E-state index in [1.165, 1.54) is 11.8 Å². The molecule has 0 radical (unpaired) electrons. The summed E-state index contributed by atoms with van der Waals surface area (Å²) in [6, 6.07) is 14.7. The van der Waals surface area contributed by atoms with E-state index in [1.54, 1.807) is 13.2 Å². The monoisotopic (exact) mass is 435 g/mol. The smallest absolute Gasteiger partial charge is 0.255 e. The molecule has 8 heteroatoms. The molecule has 2 aromatic rings. The number of methoxy groups -OCH3 is 1. The SMILES string of the molecule is COc1cccc(NC(=O)CSc2ccccc2C(=O)N2CCCNCC2)c1.Cl. The third-order valence-corrected chi connectivity index (χ3v) is 5.53. The number of anilines is 1. The predicted octanol–water partition coefficient (Wildman–Crippen LogP) is 3.28. The molecule has 1 saturated heterocycles. The van der Waals surface area contributed by atoms with Gasteiger partial charge in [0.15, 0.2) is 0 Å².